The van der Waals surface area contributed by atoms with Crippen LogP contribution in [-0.4, -0.2) is 24.5 Å². The van der Waals surface area contributed by atoms with Crippen LogP contribution < -0.4 is 0 Å². The average molecular weight is 342 g/mol. The Morgan fingerprint density at radius 2 is 1.85 bits per heavy atom. The van der Waals surface area contributed by atoms with Crippen LogP contribution in [0.1, 0.15) is 11.3 Å². The van der Waals surface area contributed by atoms with E-state index in [1.54, 1.807) is 0 Å². The number of aliphatic hydroxyl groups excluding tert-OH is 1. The van der Waals surface area contributed by atoms with Crippen molar-refractivity contribution >= 4 is 16.6 Å². The van der Waals surface area contributed by atoms with E-state index in [9.17, 15) is 5.11 Å². The zero-order valence-corrected chi connectivity index (χ0v) is 14.3. The molecule has 26 heavy (non-hydrogen) atoms. The van der Waals surface area contributed by atoms with Crippen molar-refractivity contribution in [3.63, 3.8) is 0 Å². The first-order chi connectivity index (χ1) is 12.8. The number of para-hydroxylation sites is 1. The first kappa shape index (κ1) is 15.0. The number of aromatic nitrogens is 4. The number of aromatic amines is 2. The van der Waals surface area contributed by atoms with Gasteiger partial charge in [-0.25, -0.2) is 4.98 Å². The summed E-state index contributed by atoms with van der Waals surface area (Å²) in [7, 11) is 0. The van der Waals surface area contributed by atoms with Crippen molar-refractivity contribution < 1.29 is 5.11 Å². The molecule has 0 atom stereocenters. The highest BCUT2D eigenvalue weighted by Crippen LogP contribution is 2.37. The number of imidazole rings is 1. The maximum atomic E-state index is 9.50. The first-order valence-electron chi connectivity index (χ1n) is 8.58. The highest BCUT2D eigenvalue weighted by molar-refractivity contribution is 5.99. The van der Waals surface area contributed by atoms with Gasteiger partial charge in [0, 0.05) is 52.4 Å². The van der Waals surface area contributed by atoms with E-state index in [0.717, 1.165) is 44.8 Å². The van der Waals surface area contributed by atoms with Gasteiger partial charge < -0.3 is 15.1 Å². The summed E-state index contributed by atoms with van der Waals surface area (Å²) in [6.45, 7) is 2.03. The predicted molar refractivity (Wildman–Crippen MR) is 103 cm³/mol. The van der Waals surface area contributed by atoms with E-state index in [4.69, 9.17) is 0 Å². The van der Waals surface area contributed by atoms with Crippen LogP contribution >= 0.6 is 0 Å². The number of pyridine rings is 1. The molecule has 0 unspecified atom stereocenters. The van der Waals surface area contributed by atoms with Crippen LogP contribution in [0.25, 0.3) is 38.9 Å². The molecular formula is C21H18N4O. The molecule has 0 saturated heterocycles. The van der Waals surface area contributed by atoms with Gasteiger partial charge in [-0.2, -0.15) is 0 Å². The number of nitrogens with one attached hydrogen (secondary N) is 2. The molecular weight excluding hydrogens is 324 g/mol. The van der Waals surface area contributed by atoms with Crippen molar-refractivity contribution in [1.29, 1.82) is 0 Å². The van der Waals surface area contributed by atoms with Crippen molar-refractivity contribution in [1.82, 2.24) is 19.4 Å². The van der Waals surface area contributed by atoms with Crippen molar-refractivity contribution in [2.24, 2.45) is 0 Å². The molecule has 5 heteroatoms. The molecule has 4 aromatic heterocycles. The fourth-order valence-corrected chi connectivity index (χ4v) is 3.70. The van der Waals surface area contributed by atoms with Crippen molar-refractivity contribution in [2.45, 2.75) is 13.5 Å². The summed E-state index contributed by atoms with van der Waals surface area (Å²) in [6, 6.07) is 12.1. The third-order valence-corrected chi connectivity index (χ3v) is 4.92. The number of fused-ring (bicyclic) bond motifs is 2. The largest absolute Gasteiger partial charge is 0.392 e. The lowest BCUT2D eigenvalue weighted by molar-refractivity contribution is 0.281. The lowest BCUT2D eigenvalue weighted by Gasteiger charge is -2.06. The predicted octanol–water partition coefficient (Wildman–Crippen LogP) is 4.28. The lowest BCUT2D eigenvalue weighted by Crippen LogP contribution is -1.93. The minimum Gasteiger partial charge on any atom is -0.392 e. The molecule has 0 amide bonds. The third kappa shape index (κ3) is 2.11. The van der Waals surface area contributed by atoms with Gasteiger partial charge in [-0.1, -0.05) is 24.3 Å². The Bertz CT molecular complexity index is 1240. The second-order valence-corrected chi connectivity index (χ2v) is 6.50. The van der Waals surface area contributed by atoms with Crippen LogP contribution in [0.15, 0.2) is 61.2 Å². The van der Waals surface area contributed by atoms with Crippen LogP contribution in [0.4, 0.5) is 0 Å². The number of nitrogens with zero attached hydrogens (tertiary/aromatic N) is 2. The van der Waals surface area contributed by atoms with Gasteiger partial charge in [-0.05, 0) is 24.6 Å². The zero-order chi connectivity index (χ0) is 17.7. The molecule has 5 rings (SSSR count). The van der Waals surface area contributed by atoms with Crippen LogP contribution in [0.3, 0.4) is 0 Å². The molecule has 5 aromatic rings. The monoisotopic (exact) mass is 342 g/mol. The molecule has 1 aromatic carbocycles. The van der Waals surface area contributed by atoms with Gasteiger partial charge in [0.25, 0.3) is 0 Å². The summed E-state index contributed by atoms with van der Waals surface area (Å²) in [5.41, 5.74) is 8.23. The number of aryl methyl sites for hydroxylation is 1. The van der Waals surface area contributed by atoms with E-state index in [1.807, 2.05) is 43.7 Å². The molecule has 0 bridgehead atoms. The second-order valence-electron chi connectivity index (χ2n) is 6.50. The minimum atomic E-state index is 0.00898. The van der Waals surface area contributed by atoms with Crippen LogP contribution in [-0.2, 0) is 6.61 Å². The third-order valence-electron chi connectivity index (χ3n) is 4.92. The summed E-state index contributed by atoms with van der Waals surface area (Å²) >= 11 is 0. The average Bonchev–Trinajstić information content (AvgIpc) is 3.36. The van der Waals surface area contributed by atoms with Crippen LogP contribution in [0, 0.1) is 6.92 Å². The molecule has 128 valence electrons. The topological polar surface area (TPSA) is 69.1 Å². The van der Waals surface area contributed by atoms with Crippen LogP contribution in [0.5, 0.6) is 0 Å². The van der Waals surface area contributed by atoms with Crippen molar-refractivity contribution in [2.75, 3.05) is 0 Å². The van der Waals surface area contributed by atoms with E-state index in [2.05, 4.69) is 43.7 Å². The first-order valence-corrected chi connectivity index (χ1v) is 8.58. The Labute approximate surface area is 150 Å². The van der Waals surface area contributed by atoms with Gasteiger partial charge in [0.05, 0.1) is 18.0 Å². The maximum absolute atomic E-state index is 9.50. The lowest BCUT2D eigenvalue weighted by atomic mass is 10.0. The molecule has 0 fully saturated rings. The molecule has 0 aliphatic heterocycles. The van der Waals surface area contributed by atoms with Gasteiger partial charge in [-0.3, -0.25) is 4.40 Å². The number of rotatable bonds is 3. The SMILES string of the molecule is Cc1nc2ccc(CO)cn2c1-c1c[nH]cc1-c1c[nH]c2ccccc12. The van der Waals surface area contributed by atoms with E-state index in [0.29, 0.717) is 0 Å². The number of aliphatic hydroxyl groups is 1. The molecule has 5 nitrogen and oxygen atoms in total. The number of benzene rings is 1. The molecule has 4 heterocycles. The van der Waals surface area contributed by atoms with E-state index in [1.165, 1.54) is 5.39 Å². The Morgan fingerprint density at radius 1 is 1.00 bits per heavy atom. The molecule has 0 saturated carbocycles. The Hall–Kier alpha value is -3.31. The van der Waals surface area contributed by atoms with Gasteiger partial charge in [0.15, 0.2) is 0 Å². The highest BCUT2D eigenvalue weighted by Gasteiger charge is 2.18. The molecule has 0 aliphatic rings. The van der Waals surface area contributed by atoms with E-state index in [-0.39, 0.29) is 6.61 Å². The second kappa shape index (κ2) is 5.61. The molecule has 0 spiro atoms. The number of H-pyrrole nitrogens is 2. The highest BCUT2D eigenvalue weighted by atomic mass is 16.3. The minimum absolute atomic E-state index is 0.00898. The fraction of sp³-hybridized carbons (Fsp3) is 0.0952. The summed E-state index contributed by atoms with van der Waals surface area (Å²) in [4.78, 5) is 11.3. The molecule has 3 N–H and O–H groups in total. The van der Waals surface area contributed by atoms with Crippen molar-refractivity contribution in [3.05, 3.63) is 72.4 Å². The Balaban J connectivity index is 1.78. The fourth-order valence-electron chi connectivity index (χ4n) is 3.70. The summed E-state index contributed by atoms with van der Waals surface area (Å²) in [6.07, 6.45) is 8.05. The molecule has 0 radical (unpaired) electrons. The standard InChI is InChI=1S/C21H18N4O/c1-13-21(25-11-14(12-26)6-7-20(25)24-13)18-9-22-8-16(18)17-10-23-19-5-3-2-4-15(17)19/h2-11,22-23,26H,12H2,1H3. The summed E-state index contributed by atoms with van der Waals surface area (Å²) in [5, 5.41) is 10.7. The van der Waals surface area contributed by atoms with E-state index >= 15 is 0 Å². The normalized spacial score (nSPS) is 11.6. The van der Waals surface area contributed by atoms with Gasteiger partial charge in [0.1, 0.15) is 5.65 Å². The summed E-state index contributed by atoms with van der Waals surface area (Å²) < 4.78 is 2.06. The molecule has 0 aliphatic carbocycles. The summed E-state index contributed by atoms with van der Waals surface area (Å²) in [5.74, 6) is 0. The quantitative estimate of drug-likeness (QED) is 0.458. The Morgan fingerprint density at radius 3 is 2.73 bits per heavy atom. The van der Waals surface area contributed by atoms with E-state index < -0.39 is 0 Å². The zero-order valence-electron chi connectivity index (χ0n) is 14.3. The number of hydrogen-bond donors (Lipinski definition) is 3. The maximum Gasteiger partial charge on any atom is 0.137 e. The van der Waals surface area contributed by atoms with Crippen molar-refractivity contribution in [3.8, 4) is 22.4 Å². The Kier molecular flexibility index (Phi) is 3.23. The van der Waals surface area contributed by atoms with Gasteiger partial charge in [-0.15, -0.1) is 0 Å². The smallest absolute Gasteiger partial charge is 0.137 e. The van der Waals surface area contributed by atoms with Crippen LogP contribution in [0.2, 0.25) is 0 Å². The number of hydrogen-bond acceptors (Lipinski definition) is 2. The van der Waals surface area contributed by atoms with Gasteiger partial charge in [0.2, 0.25) is 0 Å². The van der Waals surface area contributed by atoms with Gasteiger partial charge >= 0.3 is 0 Å².